The fourth-order valence-electron chi connectivity index (χ4n) is 3.81. The van der Waals surface area contributed by atoms with E-state index in [4.69, 9.17) is 4.74 Å². The van der Waals surface area contributed by atoms with E-state index in [2.05, 4.69) is 6.92 Å². The largest absolute Gasteiger partial charge is 0.507 e. The first kappa shape index (κ1) is 23.5. The highest BCUT2D eigenvalue weighted by molar-refractivity contribution is 6.46. The third-order valence-corrected chi connectivity index (χ3v) is 5.61. The molecule has 1 saturated heterocycles. The van der Waals surface area contributed by atoms with Gasteiger partial charge in [0.05, 0.1) is 18.2 Å². The number of carbonyl (C=O) groups excluding carboxylic acids is 2. The SMILES string of the molecule is CCCOc1cccc(C2/C(=C(/O)c3ccc(CC)cc3)C(=O)C(=O)N2CCN(C)C)c1. The number of aliphatic hydroxyl groups is 1. The zero-order chi connectivity index (χ0) is 23.3. The highest BCUT2D eigenvalue weighted by Gasteiger charge is 2.46. The van der Waals surface area contributed by atoms with E-state index >= 15 is 0 Å². The van der Waals surface area contributed by atoms with Gasteiger partial charge in [-0.15, -0.1) is 0 Å². The van der Waals surface area contributed by atoms with Crippen LogP contribution in [-0.2, 0) is 16.0 Å². The molecule has 6 heteroatoms. The lowest BCUT2D eigenvalue weighted by molar-refractivity contribution is -0.140. The van der Waals surface area contributed by atoms with Crippen molar-refractivity contribution in [2.24, 2.45) is 0 Å². The van der Waals surface area contributed by atoms with Crippen LogP contribution >= 0.6 is 0 Å². The standard InChI is InChI=1S/C26H32N2O4/c1-5-16-32-21-9-7-8-20(17-21)23-22(24(29)19-12-10-18(6-2)11-13-19)25(30)26(31)28(23)15-14-27(3)4/h7-13,17,23,29H,5-6,14-16H2,1-4H3/b24-22-. The van der Waals surface area contributed by atoms with E-state index < -0.39 is 17.7 Å². The Morgan fingerprint density at radius 3 is 2.44 bits per heavy atom. The number of aryl methyl sites for hydroxylation is 1. The topological polar surface area (TPSA) is 70.1 Å². The first-order valence-electron chi connectivity index (χ1n) is 11.1. The molecule has 2 aromatic carbocycles. The molecule has 170 valence electrons. The van der Waals surface area contributed by atoms with Gasteiger partial charge in [-0.3, -0.25) is 9.59 Å². The molecule has 32 heavy (non-hydrogen) atoms. The van der Waals surface area contributed by atoms with Crippen LogP contribution in [0.1, 0.15) is 43.0 Å². The minimum atomic E-state index is -0.675. The molecule has 1 heterocycles. The molecule has 1 atom stereocenters. The molecule has 0 spiro atoms. The number of likely N-dealkylation sites (N-methyl/N-ethyl adjacent to an activating group) is 1. The van der Waals surface area contributed by atoms with E-state index in [0.717, 1.165) is 24.0 Å². The van der Waals surface area contributed by atoms with Crippen molar-refractivity contribution < 1.29 is 19.4 Å². The van der Waals surface area contributed by atoms with Crippen molar-refractivity contribution in [1.82, 2.24) is 9.80 Å². The van der Waals surface area contributed by atoms with Crippen molar-refractivity contribution in [2.45, 2.75) is 32.7 Å². The first-order chi connectivity index (χ1) is 15.4. The maximum atomic E-state index is 13.1. The van der Waals surface area contributed by atoms with E-state index in [-0.39, 0.29) is 11.3 Å². The number of Topliss-reactive ketones (excluding diaryl/α,β-unsaturated/α-hetero) is 1. The van der Waals surface area contributed by atoms with Crippen molar-refractivity contribution in [2.75, 3.05) is 33.8 Å². The summed E-state index contributed by atoms with van der Waals surface area (Å²) in [6.07, 6.45) is 1.75. The molecule has 0 saturated carbocycles. The molecule has 0 bridgehead atoms. The van der Waals surface area contributed by atoms with Crippen molar-refractivity contribution >= 4 is 17.4 Å². The van der Waals surface area contributed by atoms with E-state index in [1.807, 2.05) is 62.3 Å². The molecular formula is C26H32N2O4. The molecular weight excluding hydrogens is 404 g/mol. The van der Waals surface area contributed by atoms with Crippen molar-refractivity contribution in [3.63, 3.8) is 0 Å². The lowest BCUT2D eigenvalue weighted by Crippen LogP contribution is -2.35. The lowest BCUT2D eigenvalue weighted by atomic mass is 9.94. The fraction of sp³-hybridized carbons (Fsp3) is 0.385. The van der Waals surface area contributed by atoms with E-state index in [1.54, 1.807) is 17.0 Å². The number of ether oxygens (including phenoxy) is 1. The zero-order valence-corrected chi connectivity index (χ0v) is 19.3. The number of hydrogen-bond donors (Lipinski definition) is 1. The van der Waals surface area contributed by atoms with Gasteiger partial charge in [-0.05, 0) is 50.2 Å². The summed E-state index contributed by atoms with van der Waals surface area (Å²) in [4.78, 5) is 29.6. The van der Waals surface area contributed by atoms with Gasteiger partial charge in [-0.1, -0.05) is 50.2 Å². The third kappa shape index (κ3) is 5.02. The smallest absolute Gasteiger partial charge is 0.295 e. The number of benzene rings is 2. The molecule has 1 fully saturated rings. The monoisotopic (exact) mass is 436 g/mol. The summed E-state index contributed by atoms with van der Waals surface area (Å²) in [5.74, 6) is -0.729. The molecule has 0 aliphatic carbocycles. The molecule has 6 nitrogen and oxygen atoms in total. The number of likely N-dealkylation sites (tertiary alicyclic amines) is 1. The Balaban J connectivity index is 2.10. The Morgan fingerprint density at radius 1 is 1.09 bits per heavy atom. The minimum Gasteiger partial charge on any atom is -0.507 e. The Kier molecular flexibility index (Phi) is 7.70. The van der Waals surface area contributed by atoms with Crippen LogP contribution < -0.4 is 4.74 Å². The highest BCUT2D eigenvalue weighted by Crippen LogP contribution is 2.40. The first-order valence-corrected chi connectivity index (χ1v) is 11.1. The van der Waals surface area contributed by atoms with Crippen LogP contribution in [-0.4, -0.2) is 60.4 Å². The Morgan fingerprint density at radius 2 is 1.81 bits per heavy atom. The van der Waals surface area contributed by atoms with Crippen molar-refractivity contribution in [3.05, 3.63) is 70.8 Å². The van der Waals surface area contributed by atoms with Crippen LogP contribution in [0, 0.1) is 0 Å². The quantitative estimate of drug-likeness (QED) is 0.365. The second-order valence-corrected chi connectivity index (χ2v) is 8.27. The summed E-state index contributed by atoms with van der Waals surface area (Å²) < 4.78 is 5.77. The van der Waals surface area contributed by atoms with Crippen LogP contribution in [0.15, 0.2) is 54.1 Å². The zero-order valence-electron chi connectivity index (χ0n) is 19.3. The fourth-order valence-corrected chi connectivity index (χ4v) is 3.81. The lowest BCUT2D eigenvalue weighted by Gasteiger charge is -2.27. The Labute approximate surface area is 190 Å². The van der Waals surface area contributed by atoms with E-state index in [9.17, 15) is 14.7 Å². The van der Waals surface area contributed by atoms with Gasteiger partial charge in [0.25, 0.3) is 11.7 Å². The second kappa shape index (κ2) is 10.5. The summed E-state index contributed by atoms with van der Waals surface area (Å²) in [7, 11) is 3.83. The van der Waals surface area contributed by atoms with Gasteiger partial charge in [0.15, 0.2) is 0 Å². The average molecular weight is 437 g/mol. The Bertz CT molecular complexity index is 995. The number of aliphatic hydroxyl groups excluding tert-OH is 1. The molecule has 0 radical (unpaired) electrons. The molecule has 1 amide bonds. The van der Waals surface area contributed by atoms with Crippen LogP contribution in [0.25, 0.3) is 5.76 Å². The molecule has 1 N–H and O–H groups in total. The van der Waals surface area contributed by atoms with Gasteiger partial charge in [0.1, 0.15) is 11.5 Å². The maximum absolute atomic E-state index is 13.1. The molecule has 1 aliphatic rings. The van der Waals surface area contributed by atoms with Gasteiger partial charge < -0.3 is 19.6 Å². The van der Waals surface area contributed by atoms with Gasteiger partial charge >= 0.3 is 0 Å². The second-order valence-electron chi connectivity index (χ2n) is 8.27. The third-order valence-electron chi connectivity index (χ3n) is 5.61. The normalized spacial score (nSPS) is 17.9. The molecule has 1 unspecified atom stereocenters. The molecule has 0 aromatic heterocycles. The maximum Gasteiger partial charge on any atom is 0.295 e. The number of nitrogens with zero attached hydrogens (tertiary/aromatic N) is 2. The van der Waals surface area contributed by atoms with E-state index in [0.29, 0.717) is 31.0 Å². The Hall–Kier alpha value is -3.12. The number of ketones is 1. The molecule has 3 rings (SSSR count). The van der Waals surface area contributed by atoms with Gasteiger partial charge in [-0.25, -0.2) is 0 Å². The van der Waals surface area contributed by atoms with Gasteiger partial charge in [-0.2, -0.15) is 0 Å². The predicted octanol–water partition coefficient (Wildman–Crippen LogP) is 4.02. The van der Waals surface area contributed by atoms with Crippen LogP contribution in [0.3, 0.4) is 0 Å². The highest BCUT2D eigenvalue weighted by atomic mass is 16.5. The summed E-state index contributed by atoms with van der Waals surface area (Å²) in [6, 6.07) is 14.2. The summed E-state index contributed by atoms with van der Waals surface area (Å²) in [6.45, 7) is 5.63. The number of rotatable bonds is 9. The number of carbonyl (C=O) groups is 2. The molecule has 2 aromatic rings. The number of hydrogen-bond acceptors (Lipinski definition) is 5. The molecule has 1 aliphatic heterocycles. The minimum absolute atomic E-state index is 0.116. The predicted molar refractivity (Wildman–Crippen MR) is 126 cm³/mol. The van der Waals surface area contributed by atoms with Crippen LogP contribution in [0.2, 0.25) is 0 Å². The average Bonchev–Trinajstić information content (AvgIpc) is 3.06. The van der Waals surface area contributed by atoms with Crippen molar-refractivity contribution in [3.8, 4) is 5.75 Å². The summed E-state index contributed by atoms with van der Waals surface area (Å²) >= 11 is 0. The summed E-state index contributed by atoms with van der Waals surface area (Å²) in [5, 5.41) is 11.1. The van der Waals surface area contributed by atoms with Gasteiger partial charge in [0, 0.05) is 18.7 Å². The van der Waals surface area contributed by atoms with Crippen LogP contribution in [0.4, 0.5) is 0 Å². The van der Waals surface area contributed by atoms with Crippen molar-refractivity contribution in [1.29, 1.82) is 0 Å². The summed E-state index contributed by atoms with van der Waals surface area (Å²) in [5.41, 5.74) is 2.51. The van der Waals surface area contributed by atoms with E-state index in [1.165, 1.54) is 0 Å². The van der Waals surface area contributed by atoms with Crippen LogP contribution in [0.5, 0.6) is 5.75 Å². The number of amides is 1. The van der Waals surface area contributed by atoms with Gasteiger partial charge in [0.2, 0.25) is 0 Å².